The van der Waals surface area contributed by atoms with E-state index in [1.165, 1.54) is 11.6 Å². The Labute approximate surface area is 191 Å². The van der Waals surface area contributed by atoms with Crippen LogP contribution in [0.1, 0.15) is 0 Å². The highest BCUT2D eigenvalue weighted by molar-refractivity contribution is 6.36. The molecule has 0 bridgehead atoms. The molecule has 0 aliphatic heterocycles. The number of hydrogen-bond donors (Lipinski definition) is 0. The maximum Gasteiger partial charge on any atom is 0.332 e. The van der Waals surface area contributed by atoms with Gasteiger partial charge in [0.1, 0.15) is 5.75 Å². The summed E-state index contributed by atoms with van der Waals surface area (Å²) in [5.41, 5.74) is 1.84. The van der Waals surface area contributed by atoms with Crippen LogP contribution in [0.2, 0.25) is 10.0 Å². The van der Waals surface area contributed by atoms with E-state index in [4.69, 9.17) is 27.9 Å². The Morgan fingerprint density at radius 2 is 1.78 bits per heavy atom. The van der Waals surface area contributed by atoms with Crippen LogP contribution in [0, 0.1) is 0 Å². The normalized spacial score (nSPS) is 11.5. The predicted octanol–water partition coefficient (Wildman–Crippen LogP) is 3.66. The first-order valence-corrected chi connectivity index (χ1v) is 10.4. The minimum Gasteiger partial charge on any atom is -0.497 e. The van der Waals surface area contributed by atoms with E-state index in [0.717, 1.165) is 10.3 Å². The molecule has 10 heteroatoms. The third kappa shape index (κ3) is 2.87. The molecule has 0 aliphatic carbocycles. The van der Waals surface area contributed by atoms with Crippen molar-refractivity contribution in [1.29, 1.82) is 0 Å². The summed E-state index contributed by atoms with van der Waals surface area (Å²) in [5, 5.41) is 0.962. The lowest BCUT2D eigenvalue weighted by atomic mass is 10.1. The lowest BCUT2D eigenvalue weighted by Gasteiger charge is -2.12. The molecule has 0 saturated heterocycles. The number of aryl methyl sites for hydroxylation is 1. The van der Waals surface area contributed by atoms with Gasteiger partial charge in [0.15, 0.2) is 11.2 Å². The molecule has 3 heterocycles. The number of methoxy groups -OCH3 is 1. The Kier molecular flexibility index (Phi) is 4.65. The van der Waals surface area contributed by atoms with E-state index in [2.05, 4.69) is 4.98 Å². The molecule has 0 spiro atoms. The van der Waals surface area contributed by atoms with Gasteiger partial charge in [-0.15, -0.1) is 0 Å². The Morgan fingerprint density at radius 3 is 2.50 bits per heavy atom. The summed E-state index contributed by atoms with van der Waals surface area (Å²) in [7, 11) is 4.62. The van der Waals surface area contributed by atoms with Gasteiger partial charge in [-0.05, 0) is 30.3 Å². The zero-order chi connectivity index (χ0) is 22.7. The standard InChI is InChI=1S/C22H17Cl2N5O3/c1-26-19-18(20(30)27(2)22(26)31)28-11-17(15-8-7-12(23)9-16(15)24)29(21(28)25-19)13-5-4-6-14(10-13)32-3/h4-11H,1-3H3. The van der Waals surface area contributed by atoms with Crippen LogP contribution in [0.5, 0.6) is 5.75 Å². The first-order valence-electron chi connectivity index (χ1n) is 9.61. The summed E-state index contributed by atoms with van der Waals surface area (Å²) in [6, 6.07) is 12.7. The molecule has 0 amide bonds. The van der Waals surface area contributed by atoms with Gasteiger partial charge in [-0.1, -0.05) is 29.3 Å². The molecule has 0 aliphatic rings. The van der Waals surface area contributed by atoms with E-state index in [9.17, 15) is 9.59 Å². The maximum atomic E-state index is 13.0. The first kappa shape index (κ1) is 20.4. The Bertz CT molecular complexity index is 1660. The molecule has 32 heavy (non-hydrogen) atoms. The fourth-order valence-electron chi connectivity index (χ4n) is 3.86. The van der Waals surface area contributed by atoms with E-state index in [1.54, 1.807) is 36.9 Å². The quantitative estimate of drug-likeness (QED) is 0.404. The van der Waals surface area contributed by atoms with Crippen molar-refractivity contribution in [2.75, 3.05) is 7.11 Å². The second-order valence-electron chi connectivity index (χ2n) is 7.34. The van der Waals surface area contributed by atoms with Gasteiger partial charge in [0.25, 0.3) is 5.56 Å². The summed E-state index contributed by atoms with van der Waals surface area (Å²) >= 11 is 12.6. The van der Waals surface area contributed by atoms with Crippen molar-refractivity contribution in [1.82, 2.24) is 23.1 Å². The van der Waals surface area contributed by atoms with Crippen LogP contribution >= 0.6 is 23.2 Å². The molecule has 0 radical (unpaired) electrons. The Balaban J connectivity index is 1.97. The molecule has 5 aromatic rings. The van der Waals surface area contributed by atoms with Crippen molar-refractivity contribution in [3.8, 4) is 22.7 Å². The van der Waals surface area contributed by atoms with Gasteiger partial charge in [-0.2, -0.15) is 4.98 Å². The molecule has 2 aromatic carbocycles. The highest BCUT2D eigenvalue weighted by Gasteiger charge is 2.22. The number of nitrogens with zero attached hydrogens (tertiary/aromatic N) is 5. The Morgan fingerprint density at radius 1 is 1.00 bits per heavy atom. The minimum absolute atomic E-state index is 0.289. The molecule has 3 aromatic heterocycles. The van der Waals surface area contributed by atoms with Crippen LogP contribution in [0.25, 0.3) is 33.9 Å². The lowest BCUT2D eigenvalue weighted by Crippen LogP contribution is -2.37. The van der Waals surface area contributed by atoms with Crippen molar-refractivity contribution >= 4 is 40.1 Å². The molecule has 162 valence electrons. The molecular formula is C22H17Cl2N5O3. The molecule has 0 atom stereocenters. The van der Waals surface area contributed by atoms with Crippen molar-refractivity contribution < 1.29 is 4.74 Å². The van der Waals surface area contributed by atoms with Crippen molar-refractivity contribution in [2.24, 2.45) is 14.1 Å². The van der Waals surface area contributed by atoms with Crippen LogP contribution in [0.15, 0.2) is 58.3 Å². The molecular weight excluding hydrogens is 453 g/mol. The zero-order valence-electron chi connectivity index (χ0n) is 17.3. The summed E-state index contributed by atoms with van der Waals surface area (Å²) in [6.07, 6.45) is 1.78. The highest BCUT2D eigenvalue weighted by Crippen LogP contribution is 2.35. The van der Waals surface area contributed by atoms with Crippen LogP contribution in [-0.4, -0.2) is 30.2 Å². The molecule has 0 fully saturated rings. The van der Waals surface area contributed by atoms with E-state index in [-0.39, 0.29) is 5.52 Å². The van der Waals surface area contributed by atoms with E-state index >= 15 is 0 Å². The van der Waals surface area contributed by atoms with E-state index in [1.807, 2.05) is 34.9 Å². The van der Waals surface area contributed by atoms with Gasteiger partial charge >= 0.3 is 5.69 Å². The monoisotopic (exact) mass is 469 g/mol. The number of fused-ring (bicyclic) bond motifs is 3. The summed E-state index contributed by atoms with van der Waals surface area (Å²) < 4.78 is 11.4. The number of ether oxygens (including phenoxy) is 1. The van der Waals surface area contributed by atoms with Crippen LogP contribution in [0.3, 0.4) is 0 Å². The second-order valence-corrected chi connectivity index (χ2v) is 8.18. The molecule has 0 unspecified atom stereocenters. The van der Waals surface area contributed by atoms with Gasteiger partial charge in [0.2, 0.25) is 5.78 Å². The number of aromatic nitrogens is 5. The van der Waals surface area contributed by atoms with Crippen LogP contribution < -0.4 is 16.0 Å². The number of imidazole rings is 2. The molecule has 8 nitrogen and oxygen atoms in total. The molecule has 0 saturated carbocycles. The Hall–Kier alpha value is -3.49. The lowest BCUT2D eigenvalue weighted by molar-refractivity contribution is 0.414. The second kappa shape index (κ2) is 7.29. The SMILES string of the molecule is COc1cccc(-n2c(-c3ccc(Cl)cc3Cl)cn3c4c(=O)n(C)c(=O)n(C)c4nc23)c1. The fraction of sp³-hybridized carbons (Fsp3) is 0.136. The van der Waals surface area contributed by atoms with Gasteiger partial charge in [-0.25, -0.2) is 4.79 Å². The van der Waals surface area contributed by atoms with Crippen LogP contribution in [0.4, 0.5) is 0 Å². The van der Waals surface area contributed by atoms with Gasteiger partial charge in [0, 0.05) is 36.9 Å². The minimum atomic E-state index is -0.447. The number of rotatable bonds is 3. The zero-order valence-corrected chi connectivity index (χ0v) is 18.8. The average molecular weight is 470 g/mol. The third-order valence-corrected chi connectivity index (χ3v) is 6.03. The van der Waals surface area contributed by atoms with E-state index in [0.29, 0.717) is 38.5 Å². The summed E-state index contributed by atoms with van der Waals surface area (Å²) in [5.74, 6) is 1.11. The summed E-state index contributed by atoms with van der Waals surface area (Å²) in [6.45, 7) is 0. The van der Waals surface area contributed by atoms with Crippen molar-refractivity contribution in [2.45, 2.75) is 0 Å². The largest absolute Gasteiger partial charge is 0.497 e. The molecule has 5 rings (SSSR count). The topological polar surface area (TPSA) is 75.5 Å². The molecule has 0 N–H and O–H groups in total. The first-order chi connectivity index (χ1) is 15.3. The smallest absolute Gasteiger partial charge is 0.332 e. The predicted molar refractivity (Wildman–Crippen MR) is 125 cm³/mol. The average Bonchev–Trinajstić information content (AvgIpc) is 3.32. The highest BCUT2D eigenvalue weighted by atomic mass is 35.5. The summed E-state index contributed by atoms with van der Waals surface area (Å²) in [4.78, 5) is 30.1. The van der Waals surface area contributed by atoms with Crippen LogP contribution in [-0.2, 0) is 14.1 Å². The maximum absolute atomic E-state index is 13.0. The third-order valence-electron chi connectivity index (χ3n) is 5.48. The number of halogens is 2. The fourth-order valence-corrected chi connectivity index (χ4v) is 4.37. The number of hydrogen-bond acceptors (Lipinski definition) is 4. The van der Waals surface area contributed by atoms with Gasteiger partial charge in [0.05, 0.1) is 23.5 Å². The van der Waals surface area contributed by atoms with Crippen molar-refractivity contribution in [3.05, 3.63) is 79.5 Å². The van der Waals surface area contributed by atoms with E-state index < -0.39 is 11.2 Å². The van der Waals surface area contributed by atoms with Crippen molar-refractivity contribution in [3.63, 3.8) is 0 Å². The van der Waals surface area contributed by atoms with Gasteiger partial charge in [-0.3, -0.25) is 22.9 Å². The number of benzene rings is 2. The van der Waals surface area contributed by atoms with Gasteiger partial charge < -0.3 is 4.74 Å².